The topological polar surface area (TPSA) is 80.5 Å². The number of aryl methyl sites for hydroxylation is 2. The van der Waals surface area contributed by atoms with E-state index in [2.05, 4.69) is 4.98 Å². The summed E-state index contributed by atoms with van der Waals surface area (Å²) in [6, 6.07) is 13.8. The maximum Gasteiger partial charge on any atom is 0.230 e. The number of amides is 1. The van der Waals surface area contributed by atoms with Crippen LogP contribution < -0.4 is 4.90 Å². The van der Waals surface area contributed by atoms with E-state index in [1.807, 2.05) is 19.9 Å². The minimum atomic E-state index is -3.60. The number of rotatable bonds is 7. The maximum atomic E-state index is 13.2. The molecular weight excluding hydrogens is 468 g/mol. The number of aromatic nitrogens is 1. The standard InChI is InChI=1S/C23H21ClN2O4S2/c1-15-5-8-18(9-6-15)32(28,29)13-11-20(27)26(14-17-4-3-12-30-17)23-25-21-16(2)7-10-19(24)22(21)31-23/h3-10,12H,11,13-14H2,1-2H3. The average molecular weight is 489 g/mol. The molecule has 4 aromatic rings. The van der Waals surface area contributed by atoms with E-state index in [1.54, 1.807) is 42.5 Å². The number of hydrogen-bond acceptors (Lipinski definition) is 6. The van der Waals surface area contributed by atoms with Gasteiger partial charge in [-0.05, 0) is 49.7 Å². The van der Waals surface area contributed by atoms with E-state index in [1.165, 1.54) is 22.5 Å². The molecule has 4 rings (SSSR count). The molecular formula is C23H21ClN2O4S2. The van der Waals surface area contributed by atoms with E-state index < -0.39 is 9.84 Å². The summed E-state index contributed by atoms with van der Waals surface area (Å²) < 4.78 is 31.7. The van der Waals surface area contributed by atoms with Crippen LogP contribution in [0.3, 0.4) is 0 Å². The number of halogens is 1. The quantitative estimate of drug-likeness (QED) is 0.340. The normalized spacial score (nSPS) is 11.7. The van der Waals surface area contributed by atoms with Crippen molar-refractivity contribution in [3.8, 4) is 0 Å². The Labute approximate surface area is 195 Å². The van der Waals surface area contributed by atoms with Crippen molar-refractivity contribution >= 4 is 54.0 Å². The molecule has 9 heteroatoms. The summed E-state index contributed by atoms with van der Waals surface area (Å²) in [5.41, 5.74) is 2.63. The van der Waals surface area contributed by atoms with Crippen molar-refractivity contribution in [3.05, 3.63) is 76.7 Å². The number of sulfone groups is 1. The number of anilines is 1. The molecule has 0 unspecified atom stereocenters. The molecule has 0 fully saturated rings. The second-order valence-electron chi connectivity index (χ2n) is 7.48. The highest BCUT2D eigenvalue weighted by molar-refractivity contribution is 7.91. The molecule has 1 amide bonds. The lowest BCUT2D eigenvalue weighted by Crippen LogP contribution is -2.31. The Bertz CT molecular complexity index is 1320. The highest BCUT2D eigenvalue weighted by atomic mass is 35.5. The van der Waals surface area contributed by atoms with E-state index in [9.17, 15) is 13.2 Å². The third-order valence-electron chi connectivity index (χ3n) is 5.08. The van der Waals surface area contributed by atoms with Crippen LogP contribution in [0.1, 0.15) is 23.3 Å². The first-order valence-corrected chi connectivity index (χ1v) is 12.8. The van der Waals surface area contributed by atoms with Crippen LogP contribution >= 0.6 is 22.9 Å². The molecule has 0 saturated carbocycles. The molecule has 166 valence electrons. The zero-order chi connectivity index (χ0) is 22.9. The van der Waals surface area contributed by atoms with Gasteiger partial charge in [0.25, 0.3) is 0 Å². The van der Waals surface area contributed by atoms with Crippen LogP contribution in [0, 0.1) is 13.8 Å². The Kier molecular flexibility index (Phi) is 6.37. The van der Waals surface area contributed by atoms with Gasteiger partial charge in [0.2, 0.25) is 5.91 Å². The van der Waals surface area contributed by atoms with Crippen LogP contribution in [-0.2, 0) is 21.2 Å². The Morgan fingerprint density at radius 1 is 1.12 bits per heavy atom. The van der Waals surface area contributed by atoms with Crippen LogP contribution in [0.25, 0.3) is 10.2 Å². The van der Waals surface area contributed by atoms with Gasteiger partial charge < -0.3 is 4.42 Å². The molecule has 0 aliphatic rings. The van der Waals surface area contributed by atoms with Crippen LogP contribution in [-0.4, -0.2) is 25.1 Å². The molecule has 2 aromatic carbocycles. The molecule has 0 bridgehead atoms. The van der Waals surface area contributed by atoms with Crippen LogP contribution in [0.2, 0.25) is 5.02 Å². The highest BCUT2D eigenvalue weighted by Gasteiger charge is 2.25. The van der Waals surface area contributed by atoms with Crippen molar-refractivity contribution in [2.75, 3.05) is 10.7 Å². The number of carbonyl (C=O) groups excluding carboxylic acids is 1. The lowest BCUT2D eigenvalue weighted by Gasteiger charge is -2.18. The number of carbonyl (C=O) groups is 1. The van der Waals surface area contributed by atoms with E-state index in [0.717, 1.165) is 21.3 Å². The largest absolute Gasteiger partial charge is 0.467 e. The summed E-state index contributed by atoms with van der Waals surface area (Å²) in [4.78, 5) is 19.5. The highest BCUT2D eigenvalue weighted by Crippen LogP contribution is 2.36. The van der Waals surface area contributed by atoms with E-state index in [4.69, 9.17) is 16.0 Å². The molecule has 0 radical (unpaired) electrons. The van der Waals surface area contributed by atoms with E-state index in [0.29, 0.717) is 15.9 Å². The zero-order valence-corrected chi connectivity index (χ0v) is 19.9. The second kappa shape index (κ2) is 9.05. The van der Waals surface area contributed by atoms with Gasteiger partial charge in [0, 0.05) is 6.42 Å². The summed E-state index contributed by atoms with van der Waals surface area (Å²) in [5, 5.41) is 1.01. The summed E-state index contributed by atoms with van der Waals surface area (Å²) in [5.74, 6) is -0.0828. The third-order valence-corrected chi connectivity index (χ3v) is 8.35. The predicted octanol–water partition coefficient (Wildman–Crippen LogP) is 5.56. The van der Waals surface area contributed by atoms with Crippen molar-refractivity contribution in [3.63, 3.8) is 0 Å². The smallest absolute Gasteiger partial charge is 0.230 e. The first-order valence-electron chi connectivity index (χ1n) is 9.92. The van der Waals surface area contributed by atoms with Crippen molar-refractivity contribution < 1.29 is 17.6 Å². The van der Waals surface area contributed by atoms with Gasteiger partial charge in [-0.2, -0.15) is 0 Å². The van der Waals surface area contributed by atoms with Crippen molar-refractivity contribution in [1.29, 1.82) is 0 Å². The predicted molar refractivity (Wildman–Crippen MR) is 127 cm³/mol. The summed E-state index contributed by atoms with van der Waals surface area (Å²) >= 11 is 7.64. The fraction of sp³-hybridized carbons (Fsp3) is 0.217. The van der Waals surface area contributed by atoms with Crippen molar-refractivity contribution in [2.45, 2.75) is 31.7 Å². The van der Waals surface area contributed by atoms with Gasteiger partial charge in [0.1, 0.15) is 5.76 Å². The summed E-state index contributed by atoms with van der Waals surface area (Å²) in [7, 11) is -3.60. The SMILES string of the molecule is Cc1ccc(S(=O)(=O)CCC(=O)N(Cc2ccco2)c2nc3c(C)ccc(Cl)c3s2)cc1. The summed E-state index contributed by atoms with van der Waals surface area (Å²) in [6.07, 6.45) is 1.35. The van der Waals surface area contributed by atoms with Gasteiger partial charge >= 0.3 is 0 Å². The van der Waals surface area contributed by atoms with E-state index in [-0.39, 0.29) is 29.5 Å². The minimum absolute atomic E-state index is 0.146. The molecule has 0 N–H and O–H groups in total. The Hall–Kier alpha value is -2.68. The molecule has 32 heavy (non-hydrogen) atoms. The fourth-order valence-corrected chi connectivity index (χ4v) is 5.81. The first-order chi connectivity index (χ1) is 15.2. The van der Waals surface area contributed by atoms with Gasteiger partial charge in [-0.25, -0.2) is 13.4 Å². The molecule has 0 spiro atoms. The number of furan rings is 1. The Morgan fingerprint density at radius 2 is 1.88 bits per heavy atom. The van der Waals surface area contributed by atoms with Gasteiger partial charge in [-0.3, -0.25) is 9.69 Å². The molecule has 0 aliphatic carbocycles. The first kappa shape index (κ1) is 22.5. The van der Waals surface area contributed by atoms with Crippen LogP contribution in [0.15, 0.2) is 64.1 Å². The molecule has 0 saturated heterocycles. The van der Waals surface area contributed by atoms with Gasteiger partial charge in [0.15, 0.2) is 15.0 Å². The number of fused-ring (bicyclic) bond motifs is 1. The van der Waals surface area contributed by atoms with Gasteiger partial charge in [0.05, 0.1) is 38.7 Å². The number of thiazole rings is 1. The molecule has 6 nitrogen and oxygen atoms in total. The van der Waals surface area contributed by atoms with Gasteiger partial charge in [-0.15, -0.1) is 0 Å². The van der Waals surface area contributed by atoms with Crippen molar-refractivity contribution in [2.24, 2.45) is 0 Å². The fourth-order valence-electron chi connectivity index (χ4n) is 3.25. The van der Waals surface area contributed by atoms with Crippen molar-refractivity contribution in [1.82, 2.24) is 4.98 Å². The Morgan fingerprint density at radius 3 is 2.53 bits per heavy atom. The van der Waals surface area contributed by atoms with Crippen LogP contribution in [0.5, 0.6) is 0 Å². The second-order valence-corrected chi connectivity index (χ2v) is 11.0. The average Bonchev–Trinajstić information content (AvgIpc) is 3.44. The lowest BCUT2D eigenvalue weighted by molar-refractivity contribution is -0.118. The number of benzene rings is 2. The van der Waals surface area contributed by atoms with Gasteiger partial charge in [-0.1, -0.05) is 46.7 Å². The molecule has 2 aromatic heterocycles. The minimum Gasteiger partial charge on any atom is -0.467 e. The number of nitrogens with zero attached hydrogens (tertiary/aromatic N) is 2. The molecule has 0 aliphatic heterocycles. The monoisotopic (exact) mass is 488 g/mol. The van der Waals surface area contributed by atoms with Crippen LogP contribution in [0.4, 0.5) is 5.13 Å². The zero-order valence-electron chi connectivity index (χ0n) is 17.5. The number of hydrogen-bond donors (Lipinski definition) is 0. The van der Waals surface area contributed by atoms with E-state index >= 15 is 0 Å². The third kappa shape index (κ3) is 4.72. The molecule has 0 atom stereocenters. The molecule has 2 heterocycles. The lowest BCUT2D eigenvalue weighted by atomic mass is 10.2. The maximum absolute atomic E-state index is 13.2. The summed E-state index contributed by atoms with van der Waals surface area (Å²) in [6.45, 7) is 3.96. The Balaban J connectivity index is 1.62.